The number of fused-ring (bicyclic) bond motifs is 1. The molecule has 2 aliphatic heterocycles. The average molecular weight is 339 g/mol. The first-order valence-electron chi connectivity index (χ1n) is 8.98. The van der Waals surface area contributed by atoms with E-state index in [1.165, 1.54) is 5.56 Å². The van der Waals surface area contributed by atoms with Gasteiger partial charge < -0.3 is 9.47 Å². The summed E-state index contributed by atoms with van der Waals surface area (Å²) in [6.07, 6.45) is 3.35. The van der Waals surface area contributed by atoms with Gasteiger partial charge in [0.2, 0.25) is 0 Å². The van der Waals surface area contributed by atoms with Crippen LogP contribution in [0.3, 0.4) is 0 Å². The van der Waals surface area contributed by atoms with Crippen LogP contribution in [0, 0.1) is 5.92 Å². The number of rotatable bonds is 1. The minimum Gasteiger partial charge on any atom is -0.497 e. The first kappa shape index (κ1) is 20.3. The molecule has 0 aromatic heterocycles. The highest BCUT2D eigenvalue weighted by molar-refractivity contribution is 7.13. The summed E-state index contributed by atoms with van der Waals surface area (Å²) in [6.45, 7) is 12.5. The third-order valence-corrected chi connectivity index (χ3v) is 5.10. The number of nitrogens with zero attached hydrogens (tertiary/aromatic N) is 1. The summed E-state index contributed by atoms with van der Waals surface area (Å²) in [6, 6.07) is 6.20. The summed E-state index contributed by atoms with van der Waals surface area (Å²) >= 11 is 0. The number of piperidine rings is 1. The highest BCUT2D eigenvalue weighted by Crippen LogP contribution is 2.43. The van der Waals surface area contributed by atoms with E-state index < -0.39 is 0 Å². The van der Waals surface area contributed by atoms with Gasteiger partial charge in [-0.15, -0.1) is 0 Å². The number of aryl methyl sites for hydroxylation is 1. The van der Waals surface area contributed by atoms with Crippen LogP contribution in [0.5, 0.6) is 11.5 Å². The molecule has 1 fully saturated rings. The molecule has 2 aliphatic rings. The molecule has 1 aromatic rings. The topological polar surface area (TPSA) is 21.7 Å². The molecule has 3 rings (SSSR count). The van der Waals surface area contributed by atoms with E-state index in [-0.39, 0.29) is 5.60 Å². The molecule has 1 spiro atoms. The molecule has 0 amide bonds. The monoisotopic (exact) mass is 339 g/mol. The quantitative estimate of drug-likeness (QED) is 0.676. The van der Waals surface area contributed by atoms with Gasteiger partial charge in [-0.25, -0.2) is 0 Å². The van der Waals surface area contributed by atoms with Crippen LogP contribution < -0.4 is 9.47 Å². The van der Waals surface area contributed by atoms with Crippen molar-refractivity contribution in [1.82, 2.24) is 4.67 Å². The van der Waals surface area contributed by atoms with Gasteiger partial charge in [-0.05, 0) is 24.5 Å². The van der Waals surface area contributed by atoms with Crippen LogP contribution in [0.15, 0.2) is 18.2 Å². The van der Waals surface area contributed by atoms with Crippen LogP contribution in [0.25, 0.3) is 0 Å². The number of methoxy groups -OCH3 is 1. The third-order valence-electron chi connectivity index (χ3n) is 4.63. The van der Waals surface area contributed by atoms with E-state index in [4.69, 9.17) is 9.47 Å². The summed E-state index contributed by atoms with van der Waals surface area (Å²) in [4.78, 5) is 0. The number of ether oxygens (including phenoxy) is 2. The zero-order valence-electron chi connectivity index (χ0n) is 15.7. The minimum absolute atomic E-state index is 0.0203. The lowest BCUT2D eigenvalue weighted by Crippen LogP contribution is -2.53. The Morgan fingerprint density at radius 3 is 2.52 bits per heavy atom. The van der Waals surface area contributed by atoms with Crippen molar-refractivity contribution in [2.45, 2.75) is 59.5 Å². The zero-order chi connectivity index (χ0) is 17.5. The summed E-state index contributed by atoms with van der Waals surface area (Å²) in [7, 11) is 4.52. The second-order valence-electron chi connectivity index (χ2n) is 5.79. The van der Waals surface area contributed by atoms with Crippen molar-refractivity contribution in [3.05, 3.63) is 23.8 Å². The molecule has 2 heterocycles. The molecule has 4 heteroatoms. The molecule has 23 heavy (non-hydrogen) atoms. The lowest BCUT2D eigenvalue weighted by molar-refractivity contribution is -0.0407. The summed E-state index contributed by atoms with van der Waals surface area (Å²) in [5, 5.41) is 0. The van der Waals surface area contributed by atoms with E-state index in [1.807, 2.05) is 39.8 Å². The Balaban J connectivity index is 0.000000615. The SMILES string of the molecule is CC.CC.COc1ccc2c(c1)OC1(CC2)CCN(P)CC1C. The third kappa shape index (κ3) is 4.61. The first-order chi connectivity index (χ1) is 11.1. The Bertz CT molecular complexity index is 480. The molecule has 0 aliphatic carbocycles. The van der Waals surface area contributed by atoms with Crippen LogP contribution in [0.2, 0.25) is 0 Å². The molecule has 1 aromatic carbocycles. The van der Waals surface area contributed by atoms with E-state index in [2.05, 4.69) is 27.1 Å². The van der Waals surface area contributed by atoms with Gasteiger partial charge in [-0.3, -0.25) is 4.67 Å². The number of benzene rings is 1. The smallest absolute Gasteiger partial charge is 0.127 e. The maximum Gasteiger partial charge on any atom is 0.127 e. The second kappa shape index (κ2) is 9.49. The number of hydrogen-bond acceptors (Lipinski definition) is 3. The van der Waals surface area contributed by atoms with E-state index in [0.29, 0.717) is 5.92 Å². The van der Waals surface area contributed by atoms with Crippen molar-refractivity contribution in [3.63, 3.8) is 0 Å². The summed E-state index contributed by atoms with van der Waals surface area (Å²) in [5.74, 6) is 2.46. The van der Waals surface area contributed by atoms with Crippen molar-refractivity contribution < 1.29 is 9.47 Å². The van der Waals surface area contributed by atoms with Crippen LogP contribution in [-0.2, 0) is 6.42 Å². The highest BCUT2D eigenvalue weighted by atomic mass is 31.0. The zero-order valence-corrected chi connectivity index (χ0v) is 16.8. The van der Waals surface area contributed by atoms with Crippen molar-refractivity contribution >= 4 is 9.39 Å². The Labute approximate surface area is 145 Å². The molecule has 0 N–H and O–H groups in total. The van der Waals surface area contributed by atoms with Crippen molar-refractivity contribution in [2.75, 3.05) is 20.2 Å². The van der Waals surface area contributed by atoms with Gasteiger partial charge in [-0.1, -0.05) is 50.1 Å². The first-order valence-corrected chi connectivity index (χ1v) is 9.50. The van der Waals surface area contributed by atoms with Gasteiger partial charge in [0.25, 0.3) is 0 Å². The summed E-state index contributed by atoms with van der Waals surface area (Å²) < 4.78 is 14.1. The van der Waals surface area contributed by atoms with Crippen molar-refractivity contribution in [2.24, 2.45) is 5.92 Å². The average Bonchev–Trinajstić information content (AvgIpc) is 2.61. The molecular formula is C19H34NO2P. The van der Waals surface area contributed by atoms with Crippen molar-refractivity contribution in [1.29, 1.82) is 0 Å². The van der Waals surface area contributed by atoms with Crippen LogP contribution in [0.4, 0.5) is 0 Å². The van der Waals surface area contributed by atoms with Crippen LogP contribution in [0.1, 0.15) is 53.0 Å². The highest BCUT2D eigenvalue weighted by Gasteiger charge is 2.44. The summed E-state index contributed by atoms with van der Waals surface area (Å²) in [5.41, 5.74) is 1.33. The number of hydrogen-bond donors (Lipinski definition) is 0. The van der Waals surface area contributed by atoms with Gasteiger partial charge in [-0.2, -0.15) is 0 Å². The van der Waals surface area contributed by atoms with Crippen LogP contribution in [-0.4, -0.2) is 30.5 Å². The molecule has 132 valence electrons. The lowest BCUT2D eigenvalue weighted by atomic mass is 9.77. The Morgan fingerprint density at radius 1 is 1.22 bits per heavy atom. The largest absolute Gasteiger partial charge is 0.497 e. The second-order valence-corrected chi connectivity index (χ2v) is 6.52. The van der Waals surface area contributed by atoms with E-state index >= 15 is 0 Å². The fraction of sp³-hybridized carbons (Fsp3) is 0.684. The molecule has 3 atom stereocenters. The Morgan fingerprint density at radius 2 is 1.91 bits per heavy atom. The molecular weight excluding hydrogens is 305 g/mol. The van der Waals surface area contributed by atoms with Gasteiger partial charge in [0.05, 0.1) is 7.11 Å². The maximum atomic E-state index is 6.45. The van der Waals surface area contributed by atoms with E-state index in [1.54, 1.807) is 7.11 Å². The Hall–Kier alpha value is -0.790. The fourth-order valence-corrected chi connectivity index (χ4v) is 3.74. The predicted octanol–water partition coefficient (Wildman–Crippen LogP) is 4.94. The predicted molar refractivity (Wildman–Crippen MR) is 102 cm³/mol. The van der Waals surface area contributed by atoms with E-state index in [0.717, 1.165) is 43.9 Å². The van der Waals surface area contributed by atoms with Gasteiger partial charge in [0.1, 0.15) is 17.1 Å². The van der Waals surface area contributed by atoms with Gasteiger partial charge in [0, 0.05) is 31.5 Å². The van der Waals surface area contributed by atoms with Crippen LogP contribution >= 0.6 is 9.39 Å². The standard InChI is InChI=1S/C15H22NO2P.2C2H6/c1-11-10-16(19)8-7-15(11)6-5-12-3-4-13(17-2)9-14(12)18-15;2*1-2/h3-4,9,11H,5-8,10,19H2,1-2H3;2*1-2H3. The normalized spacial score (nSPS) is 26.0. The molecule has 0 saturated carbocycles. The molecule has 3 nitrogen and oxygen atoms in total. The fourth-order valence-electron chi connectivity index (χ4n) is 3.29. The molecule has 3 unspecified atom stereocenters. The maximum absolute atomic E-state index is 6.45. The Kier molecular flexibility index (Phi) is 8.36. The molecule has 1 saturated heterocycles. The molecule has 0 radical (unpaired) electrons. The van der Waals surface area contributed by atoms with Gasteiger partial charge >= 0.3 is 0 Å². The lowest BCUT2D eigenvalue weighted by Gasteiger charge is -2.48. The van der Waals surface area contributed by atoms with Gasteiger partial charge in [0.15, 0.2) is 0 Å². The molecule has 0 bridgehead atoms. The van der Waals surface area contributed by atoms with Crippen molar-refractivity contribution in [3.8, 4) is 11.5 Å². The van der Waals surface area contributed by atoms with E-state index in [9.17, 15) is 0 Å². The minimum atomic E-state index is 0.0203.